The van der Waals surface area contributed by atoms with Gasteiger partial charge in [-0.25, -0.2) is 12.8 Å². The van der Waals surface area contributed by atoms with Gasteiger partial charge in [0, 0.05) is 18.8 Å². The van der Waals surface area contributed by atoms with Crippen molar-refractivity contribution in [1.82, 2.24) is 10.2 Å². The van der Waals surface area contributed by atoms with Gasteiger partial charge in [-0.15, -0.1) is 0 Å². The Bertz CT molecular complexity index is 835. The fourth-order valence-electron chi connectivity index (χ4n) is 3.55. The number of likely N-dealkylation sites (tertiary alicyclic amines) is 1. The zero-order valence-corrected chi connectivity index (χ0v) is 16.0. The molecule has 1 N–H and O–H groups in total. The fraction of sp³-hybridized carbons (Fsp3) is 0.400. The lowest BCUT2D eigenvalue weighted by Crippen LogP contribution is -2.47. The van der Waals surface area contributed by atoms with E-state index < -0.39 is 9.84 Å². The number of hydrogen-bond donors (Lipinski definition) is 1. The molecule has 140 valence electrons. The van der Waals surface area contributed by atoms with E-state index in [4.69, 9.17) is 0 Å². The largest absolute Gasteiger partial charge is 0.298 e. The minimum Gasteiger partial charge on any atom is -0.298 e. The zero-order chi connectivity index (χ0) is 18.7. The van der Waals surface area contributed by atoms with Crippen molar-refractivity contribution < 1.29 is 12.8 Å². The highest BCUT2D eigenvalue weighted by molar-refractivity contribution is 7.90. The summed E-state index contributed by atoms with van der Waals surface area (Å²) in [6, 6.07) is 14.0. The normalized spacial score (nSPS) is 21.7. The summed E-state index contributed by atoms with van der Waals surface area (Å²) < 4.78 is 36.3. The third-order valence-corrected chi connectivity index (χ3v) is 6.21. The molecule has 0 aromatic heterocycles. The Morgan fingerprint density at radius 1 is 1.08 bits per heavy atom. The van der Waals surface area contributed by atoms with Crippen molar-refractivity contribution in [3.8, 4) is 0 Å². The molecule has 0 spiro atoms. The summed E-state index contributed by atoms with van der Waals surface area (Å²) in [5.74, 6) is -0.221. The standard InChI is InChI=1S/C20H25FN2O2S/c1-23-19(16-8-12-18(13-9-16)26(2,24)25)4-3-5-20(23)22-14-15-6-10-17(21)11-7-15/h6-13,19-20,22H,3-5,14H2,1-2H3. The van der Waals surface area contributed by atoms with Gasteiger partial charge in [0.25, 0.3) is 0 Å². The van der Waals surface area contributed by atoms with Gasteiger partial charge in [-0.05, 0) is 61.7 Å². The molecule has 26 heavy (non-hydrogen) atoms. The van der Waals surface area contributed by atoms with Crippen LogP contribution < -0.4 is 5.32 Å². The van der Waals surface area contributed by atoms with Gasteiger partial charge in [0.05, 0.1) is 11.1 Å². The molecule has 2 aromatic carbocycles. The first-order chi connectivity index (χ1) is 12.3. The highest BCUT2D eigenvalue weighted by atomic mass is 32.2. The minimum absolute atomic E-state index is 0.221. The molecular formula is C20H25FN2O2S. The van der Waals surface area contributed by atoms with Gasteiger partial charge in [0.1, 0.15) is 5.82 Å². The summed E-state index contributed by atoms with van der Waals surface area (Å²) in [4.78, 5) is 2.66. The Hall–Kier alpha value is -1.76. The van der Waals surface area contributed by atoms with Crippen molar-refractivity contribution >= 4 is 9.84 Å². The van der Waals surface area contributed by atoms with Gasteiger partial charge in [0.2, 0.25) is 0 Å². The highest BCUT2D eigenvalue weighted by Gasteiger charge is 2.28. The number of piperidine rings is 1. The van der Waals surface area contributed by atoms with Crippen molar-refractivity contribution in [2.45, 2.75) is 42.9 Å². The van der Waals surface area contributed by atoms with Gasteiger partial charge in [-0.1, -0.05) is 24.3 Å². The van der Waals surface area contributed by atoms with Gasteiger partial charge >= 0.3 is 0 Å². The Morgan fingerprint density at radius 3 is 2.35 bits per heavy atom. The van der Waals surface area contributed by atoms with Gasteiger partial charge in [-0.3, -0.25) is 10.2 Å². The number of nitrogens with zero attached hydrogens (tertiary/aromatic N) is 1. The molecule has 0 amide bonds. The van der Waals surface area contributed by atoms with Crippen LogP contribution in [-0.4, -0.2) is 32.8 Å². The SMILES string of the molecule is CN1C(NCc2ccc(F)cc2)CCCC1c1ccc(S(C)(=O)=O)cc1. The predicted octanol–water partition coefficient (Wildman–Crippen LogP) is 3.50. The second-order valence-electron chi connectivity index (χ2n) is 6.98. The molecule has 1 fully saturated rings. The summed E-state index contributed by atoms with van der Waals surface area (Å²) in [6.07, 6.45) is 4.65. The molecule has 2 aromatic rings. The third kappa shape index (κ3) is 4.50. The van der Waals surface area contributed by atoms with E-state index in [0.29, 0.717) is 11.4 Å². The van der Waals surface area contributed by atoms with Crippen LogP contribution in [0.1, 0.15) is 36.4 Å². The molecule has 2 atom stereocenters. The van der Waals surface area contributed by atoms with Crippen LogP contribution in [0, 0.1) is 5.82 Å². The third-order valence-electron chi connectivity index (χ3n) is 5.09. The summed E-state index contributed by atoms with van der Waals surface area (Å²) >= 11 is 0. The molecule has 4 nitrogen and oxygen atoms in total. The van der Waals surface area contributed by atoms with Gasteiger partial charge in [-0.2, -0.15) is 0 Å². The Labute approximate surface area is 155 Å². The minimum atomic E-state index is -3.17. The smallest absolute Gasteiger partial charge is 0.175 e. The predicted molar refractivity (Wildman–Crippen MR) is 101 cm³/mol. The zero-order valence-electron chi connectivity index (χ0n) is 15.2. The first-order valence-corrected chi connectivity index (χ1v) is 10.7. The molecule has 0 saturated carbocycles. The van der Waals surface area contributed by atoms with Crippen LogP contribution in [0.15, 0.2) is 53.4 Å². The van der Waals surface area contributed by atoms with E-state index in [0.717, 1.165) is 30.4 Å². The van der Waals surface area contributed by atoms with Crippen molar-refractivity contribution in [2.75, 3.05) is 13.3 Å². The van der Waals surface area contributed by atoms with Crippen LogP contribution in [-0.2, 0) is 16.4 Å². The number of hydrogen-bond acceptors (Lipinski definition) is 4. The van der Waals surface area contributed by atoms with E-state index >= 15 is 0 Å². The molecule has 0 bridgehead atoms. The lowest BCUT2D eigenvalue weighted by Gasteiger charge is -2.40. The summed E-state index contributed by atoms with van der Waals surface area (Å²) in [5.41, 5.74) is 2.19. The number of sulfone groups is 1. The van der Waals surface area contributed by atoms with Crippen LogP contribution in [0.3, 0.4) is 0 Å². The quantitative estimate of drug-likeness (QED) is 0.868. The molecule has 3 rings (SSSR count). The molecule has 6 heteroatoms. The van der Waals surface area contributed by atoms with Crippen molar-refractivity contribution in [3.63, 3.8) is 0 Å². The van der Waals surface area contributed by atoms with Crippen LogP contribution in [0.2, 0.25) is 0 Å². The van der Waals surface area contributed by atoms with E-state index in [9.17, 15) is 12.8 Å². The van der Waals surface area contributed by atoms with E-state index in [1.165, 1.54) is 18.4 Å². The maximum atomic E-state index is 13.0. The molecule has 1 aliphatic rings. The molecule has 1 heterocycles. The van der Waals surface area contributed by atoms with Crippen molar-refractivity contribution in [2.24, 2.45) is 0 Å². The summed E-state index contributed by atoms with van der Waals surface area (Å²) in [5, 5.41) is 3.55. The van der Waals surface area contributed by atoms with Crippen molar-refractivity contribution in [3.05, 3.63) is 65.5 Å². The van der Waals surface area contributed by atoms with Gasteiger partial charge < -0.3 is 0 Å². The summed E-state index contributed by atoms with van der Waals surface area (Å²) in [7, 11) is -1.08. The average molecular weight is 376 g/mol. The Kier molecular flexibility index (Phi) is 5.75. The molecule has 2 unspecified atom stereocenters. The maximum Gasteiger partial charge on any atom is 0.175 e. The van der Waals surface area contributed by atoms with Crippen molar-refractivity contribution in [1.29, 1.82) is 0 Å². The fourth-order valence-corrected chi connectivity index (χ4v) is 4.18. The second-order valence-corrected chi connectivity index (χ2v) is 8.99. The van der Waals surface area contributed by atoms with E-state index in [-0.39, 0.29) is 18.0 Å². The molecule has 1 saturated heterocycles. The molecular weight excluding hydrogens is 351 g/mol. The van der Waals surface area contributed by atoms with Gasteiger partial charge in [0.15, 0.2) is 9.84 Å². The average Bonchev–Trinajstić information content (AvgIpc) is 2.62. The lowest BCUT2D eigenvalue weighted by atomic mass is 9.94. The molecule has 0 radical (unpaired) electrons. The lowest BCUT2D eigenvalue weighted by molar-refractivity contribution is 0.0897. The summed E-state index contributed by atoms with van der Waals surface area (Å²) in [6.45, 7) is 0.690. The van der Waals surface area contributed by atoms with Crippen LogP contribution in [0.4, 0.5) is 4.39 Å². The van der Waals surface area contributed by atoms with Crippen LogP contribution in [0.5, 0.6) is 0 Å². The monoisotopic (exact) mass is 376 g/mol. The second kappa shape index (κ2) is 7.86. The van der Waals surface area contributed by atoms with Crippen LogP contribution >= 0.6 is 0 Å². The number of halogens is 1. The van der Waals surface area contributed by atoms with E-state index in [2.05, 4.69) is 17.3 Å². The number of rotatable bonds is 5. The highest BCUT2D eigenvalue weighted by Crippen LogP contribution is 2.32. The number of benzene rings is 2. The number of nitrogens with one attached hydrogen (secondary N) is 1. The first-order valence-electron chi connectivity index (χ1n) is 8.84. The van der Waals surface area contributed by atoms with E-state index in [1.807, 2.05) is 12.1 Å². The topological polar surface area (TPSA) is 49.4 Å². The molecule has 0 aliphatic carbocycles. The molecule has 1 aliphatic heterocycles. The first kappa shape index (κ1) is 19.0. The van der Waals surface area contributed by atoms with E-state index in [1.54, 1.807) is 24.3 Å². The Balaban J connectivity index is 1.67. The Morgan fingerprint density at radius 2 is 1.73 bits per heavy atom. The van der Waals surface area contributed by atoms with Crippen LogP contribution in [0.25, 0.3) is 0 Å². The maximum absolute atomic E-state index is 13.0.